The van der Waals surface area contributed by atoms with E-state index in [0.717, 1.165) is 0 Å². The first kappa shape index (κ1) is 6.72. The molecule has 0 atom stereocenters. The van der Waals surface area contributed by atoms with E-state index in [1.54, 1.807) is 6.19 Å². The zero-order valence-corrected chi connectivity index (χ0v) is 5.08. The second-order valence-corrected chi connectivity index (χ2v) is 1.69. The molecule has 0 fully saturated rings. The van der Waals surface area contributed by atoms with Gasteiger partial charge in [0.05, 0.1) is 0 Å². The predicted molar refractivity (Wildman–Crippen MR) is 33.8 cm³/mol. The normalized spacial score (nSPS) is 8.80. The largest absolute Gasteiger partial charge is 0.439 e. The molecular formula is C7H4FN2+. The lowest BCUT2D eigenvalue weighted by Crippen LogP contribution is -1.84. The van der Waals surface area contributed by atoms with Gasteiger partial charge in [0.25, 0.3) is 5.69 Å². The molecule has 2 radical (unpaired) electrons. The lowest BCUT2D eigenvalue weighted by atomic mass is 10.3. The van der Waals surface area contributed by atoms with Gasteiger partial charge in [0, 0.05) is 12.1 Å². The fourth-order valence-electron chi connectivity index (χ4n) is 0.573. The van der Waals surface area contributed by atoms with Gasteiger partial charge in [-0.15, -0.1) is 5.26 Å². The van der Waals surface area contributed by atoms with E-state index in [1.807, 2.05) is 0 Å². The molecule has 0 spiro atoms. The van der Waals surface area contributed by atoms with Crippen molar-refractivity contribution in [2.75, 3.05) is 0 Å². The highest BCUT2D eigenvalue weighted by molar-refractivity contribution is 5.36. The molecule has 0 aliphatic carbocycles. The molecule has 48 valence electrons. The lowest BCUT2D eigenvalue weighted by molar-refractivity contribution is 0.627. The summed E-state index contributed by atoms with van der Waals surface area (Å²) in [5, 5.41) is 11.5. The summed E-state index contributed by atoms with van der Waals surface area (Å²) < 4.78 is 12.2. The molecule has 0 saturated carbocycles. The quantitative estimate of drug-likeness (QED) is 0.538. The van der Waals surface area contributed by atoms with Crippen molar-refractivity contribution in [2.45, 2.75) is 0 Å². The number of halogens is 1. The van der Waals surface area contributed by atoms with Crippen molar-refractivity contribution in [3.8, 4) is 6.19 Å². The monoisotopic (exact) mass is 135 g/mol. The number of nitriles is 1. The van der Waals surface area contributed by atoms with Crippen LogP contribution in [-0.2, 0) is 0 Å². The Balaban J connectivity index is 2.81. The second kappa shape index (κ2) is 2.95. The highest BCUT2D eigenvalue weighted by atomic mass is 19.1. The first-order valence-corrected chi connectivity index (χ1v) is 2.68. The van der Waals surface area contributed by atoms with Gasteiger partial charge >= 0.3 is 6.19 Å². The Kier molecular flexibility index (Phi) is 1.98. The Hall–Kier alpha value is -1.40. The van der Waals surface area contributed by atoms with E-state index in [9.17, 15) is 4.39 Å². The van der Waals surface area contributed by atoms with Gasteiger partial charge in [-0.2, -0.15) is 0 Å². The highest BCUT2D eigenvalue weighted by Crippen LogP contribution is 2.06. The van der Waals surface area contributed by atoms with Crippen LogP contribution in [0.2, 0.25) is 0 Å². The summed E-state index contributed by atoms with van der Waals surface area (Å²) in [6, 6.07) is 5.41. The molecular weight excluding hydrogens is 131 g/mol. The van der Waals surface area contributed by atoms with Crippen LogP contribution < -0.4 is 5.32 Å². The van der Waals surface area contributed by atoms with Crippen molar-refractivity contribution in [3.63, 3.8) is 0 Å². The van der Waals surface area contributed by atoms with Crippen LogP contribution in [0, 0.1) is 17.3 Å². The van der Waals surface area contributed by atoms with E-state index >= 15 is 0 Å². The predicted octanol–water partition coefficient (Wildman–Crippen LogP) is 1.54. The summed E-state index contributed by atoms with van der Waals surface area (Å²) in [4.78, 5) is 0. The molecule has 0 amide bonds. The molecule has 1 rings (SSSR count). The molecule has 0 aliphatic rings. The van der Waals surface area contributed by atoms with Crippen molar-refractivity contribution >= 4 is 5.69 Å². The topological polar surface area (TPSA) is 37.9 Å². The Labute approximate surface area is 57.9 Å². The van der Waals surface area contributed by atoms with E-state index in [0.29, 0.717) is 5.69 Å². The third-order valence-electron chi connectivity index (χ3n) is 1.01. The highest BCUT2D eigenvalue weighted by Gasteiger charge is 2.06. The van der Waals surface area contributed by atoms with Crippen molar-refractivity contribution < 1.29 is 4.39 Å². The van der Waals surface area contributed by atoms with Gasteiger partial charge in [-0.25, -0.2) is 4.39 Å². The van der Waals surface area contributed by atoms with Gasteiger partial charge in [0.15, 0.2) is 0 Å². The number of benzene rings is 1. The minimum absolute atomic E-state index is 0.322. The molecule has 10 heavy (non-hydrogen) atoms. The molecule has 0 saturated heterocycles. The number of nitrogens with zero attached hydrogens (tertiary/aromatic N) is 2. The molecule has 0 heterocycles. The van der Waals surface area contributed by atoms with Gasteiger partial charge in [0.1, 0.15) is 5.82 Å². The van der Waals surface area contributed by atoms with Crippen molar-refractivity contribution in [3.05, 3.63) is 30.1 Å². The lowest BCUT2D eigenvalue weighted by Gasteiger charge is -1.80. The SMILES string of the molecule is N#C[N+]c1ccc(F)cc1. The van der Waals surface area contributed by atoms with E-state index in [4.69, 9.17) is 5.26 Å². The third-order valence-corrected chi connectivity index (χ3v) is 1.01. The summed E-state index contributed by atoms with van der Waals surface area (Å²) in [6.45, 7) is 0. The molecule has 0 unspecified atom stereocenters. The summed E-state index contributed by atoms with van der Waals surface area (Å²) in [5.41, 5.74) is 0.476. The van der Waals surface area contributed by atoms with E-state index in [2.05, 4.69) is 5.32 Å². The summed E-state index contributed by atoms with van der Waals surface area (Å²) in [6.07, 6.45) is 1.61. The fourth-order valence-corrected chi connectivity index (χ4v) is 0.573. The maximum absolute atomic E-state index is 12.2. The number of hydrogen-bond acceptors (Lipinski definition) is 1. The van der Waals surface area contributed by atoms with Crippen molar-refractivity contribution in [2.24, 2.45) is 0 Å². The molecule has 1 aromatic carbocycles. The molecule has 0 aromatic heterocycles. The van der Waals surface area contributed by atoms with Crippen LogP contribution in [0.5, 0.6) is 0 Å². The Morgan fingerprint density at radius 2 is 1.90 bits per heavy atom. The van der Waals surface area contributed by atoms with Gasteiger partial charge in [0.2, 0.25) is 5.32 Å². The molecule has 0 aliphatic heterocycles. The summed E-state index contributed by atoms with van der Waals surface area (Å²) in [7, 11) is 0. The average Bonchev–Trinajstić information content (AvgIpc) is 1.95. The van der Waals surface area contributed by atoms with Gasteiger partial charge in [-0.3, -0.25) is 0 Å². The standard InChI is InChI=1S/C7H4FN2/c8-6-1-3-7(4-2-6)10-5-9/h1-4H/q+1. The summed E-state index contributed by atoms with van der Waals surface area (Å²) >= 11 is 0. The fraction of sp³-hybridized carbons (Fsp3) is 0. The minimum Gasteiger partial charge on any atom is -0.207 e. The van der Waals surface area contributed by atoms with E-state index < -0.39 is 0 Å². The minimum atomic E-state index is -0.322. The van der Waals surface area contributed by atoms with Crippen LogP contribution in [0.1, 0.15) is 0 Å². The number of rotatable bonds is 1. The van der Waals surface area contributed by atoms with Crippen LogP contribution in [-0.4, -0.2) is 0 Å². The van der Waals surface area contributed by atoms with E-state index in [1.165, 1.54) is 24.3 Å². The van der Waals surface area contributed by atoms with Crippen LogP contribution in [0.15, 0.2) is 24.3 Å². The summed E-state index contributed by atoms with van der Waals surface area (Å²) in [5.74, 6) is -0.322. The maximum atomic E-state index is 12.2. The van der Waals surface area contributed by atoms with Crippen LogP contribution >= 0.6 is 0 Å². The van der Waals surface area contributed by atoms with E-state index in [-0.39, 0.29) is 5.82 Å². The molecule has 1 aromatic rings. The first-order valence-electron chi connectivity index (χ1n) is 2.68. The van der Waals surface area contributed by atoms with Gasteiger partial charge in [-0.05, 0) is 12.1 Å². The molecule has 2 nitrogen and oxygen atoms in total. The zero-order valence-electron chi connectivity index (χ0n) is 5.08. The average molecular weight is 135 g/mol. The Morgan fingerprint density at radius 3 is 2.40 bits per heavy atom. The molecule has 0 N–H and O–H groups in total. The van der Waals surface area contributed by atoms with Crippen molar-refractivity contribution in [1.82, 2.24) is 5.32 Å². The Morgan fingerprint density at radius 1 is 1.30 bits per heavy atom. The maximum Gasteiger partial charge on any atom is 0.439 e. The first-order chi connectivity index (χ1) is 4.83. The second-order valence-electron chi connectivity index (χ2n) is 1.69. The number of hydrogen-bond donors (Lipinski definition) is 0. The van der Waals surface area contributed by atoms with Crippen LogP contribution in [0.4, 0.5) is 10.1 Å². The van der Waals surface area contributed by atoms with Gasteiger partial charge < -0.3 is 0 Å². The molecule has 0 bridgehead atoms. The van der Waals surface area contributed by atoms with Gasteiger partial charge in [-0.1, -0.05) is 0 Å². The molecule has 3 heteroatoms. The van der Waals surface area contributed by atoms with Crippen LogP contribution in [0.25, 0.3) is 0 Å². The van der Waals surface area contributed by atoms with Crippen LogP contribution in [0.3, 0.4) is 0 Å². The van der Waals surface area contributed by atoms with Crippen molar-refractivity contribution in [1.29, 1.82) is 5.26 Å². The smallest absolute Gasteiger partial charge is 0.207 e. The third kappa shape index (κ3) is 1.54. The Bertz CT molecular complexity index is 247. The zero-order chi connectivity index (χ0) is 7.40.